The average molecular weight is 340 g/mol. The minimum atomic E-state index is 0.0181. The van der Waals surface area contributed by atoms with E-state index in [1.165, 1.54) is 17.7 Å². The molecule has 7 heteroatoms. The van der Waals surface area contributed by atoms with Gasteiger partial charge in [0, 0.05) is 44.0 Å². The minimum Gasteiger partial charge on any atom is -0.352 e. The fraction of sp³-hybridized carbons (Fsp3) is 0.556. The van der Waals surface area contributed by atoms with Crippen LogP contribution in [0.25, 0.3) is 0 Å². The summed E-state index contributed by atoms with van der Waals surface area (Å²) in [5, 5.41) is 8.76. The van der Waals surface area contributed by atoms with Crippen molar-refractivity contribution >= 4 is 5.82 Å². The molecule has 3 heterocycles. The third kappa shape index (κ3) is 3.28. The van der Waals surface area contributed by atoms with Gasteiger partial charge in [-0.15, -0.1) is 5.10 Å². The van der Waals surface area contributed by atoms with E-state index in [9.17, 15) is 4.79 Å². The molecule has 0 bridgehead atoms. The number of likely N-dealkylation sites (N-methyl/N-ethyl adjacent to an activating group) is 1. The normalized spacial score (nSPS) is 17.0. The molecule has 7 nitrogen and oxygen atoms in total. The van der Waals surface area contributed by atoms with Gasteiger partial charge in [0.25, 0.3) is 5.56 Å². The molecule has 25 heavy (non-hydrogen) atoms. The predicted molar refractivity (Wildman–Crippen MR) is 95.9 cm³/mol. The lowest BCUT2D eigenvalue weighted by Crippen LogP contribution is -2.59. The highest BCUT2D eigenvalue weighted by Crippen LogP contribution is 2.26. The lowest BCUT2D eigenvalue weighted by molar-refractivity contribution is 0.196. The highest BCUT2D eigenvalue weighted by atomic mass is 16.1. The Morgan fingerprint density at radius 1 is 1.24 bits per heavy atom. The van der Waals surface area contributed by atoms with Crippen LogP contribution in [0.4, 0.5) is 5.82 Å². The van der Waals surface area contributed by atoms with Gasteiger partial charge in [0.05, 0.1) is 12.0 Å². The molecule has 0 amide bonds. The third-order valence-corrected chi connectivity index (χ3v) is 5.33. The van der Waals surface area contributed by atoms with E-state index in [4.69, 9.17) is 0 Å². The van der Waals surface area contributed by atoms with E-state index < -0.39 is 0 Å². The van der Waals surface area contributed by atoms with Crippen LogP contribution in [0.3, 0.4) is 0 Å². The van der Waals surface area contributed by atoms with Crippen molar-refractivity contribution in [3.63, 3.8) is 0 Å². The van der Waals surface area contributed by atoms with Crippen molar-refractivity contribution in [1.82, 2.24) is 24.6 Å². The number of anilines is 1. The Labute approximate surface area is 147 Å². The molecule has 0 radical (unpaired) electrons. The van der Waals surface area contributed by atoms with E-state index in [0.717, 1.165) is 44.0 Å². The zero-order valence-electron chi connectivity index (χ0n) is 14.9. The summed E-state index contributed by atoms with van der Waals surface area (Å²) < 4.78 is 1.67. The number of rotatable bonds is 5. The Morgan fingerprint density at radius 3 is 2.88 bits per heavy atom. The molecule has 0 saturated carbocycles. The Bertz CT molecular complexity index is 827. The first-order chi connectivity index (χ1) is 12.1. The lowest BCUT2D eigenvalue weighted by atomic mass is 10.1. The molecule has 4 rings (SSSR count). The van der Waals surface area contributed by atoms with Gasteiger partial charge in [0.2, 0.25) is 0 Å². The molecule has 1 saturated heterocycles. The van der Waals surface area contributed by atoms with Gasteiger partial charge in [-0.25, -0.2) is 4.98 Å². The van der Waals surface area contributed by atoms with E-state index in [0.29, 0.717) is 12.6 Å². The van der Waals surface area contributed by atoms with Gasteiger partial charge in [-0.3, -0.25) is 14.3 Å². The average Bonchev–Trinajstić information content (AvgIpc) is 3.00. The molecular formula is C18H24N6O. The first-order valence-electron chi connectivity index (χ1n) is 8.94. The van der Waals surface area contributed by atoms with Crippen molar-refractivity contribution in [2.24, 2.45) is 0 Å². The van der Waals surface area contributed by atoms with E-state index in [1.807, 2.05) is 6.92 Å². The summed E-state index contributed by atoms with van der Waals surface area (Å²) in [6.07, 6.45) is 5.04. The highest BCUT2D eigenvalue weighted by molar-refractivity contribution is 5.45. The van der Waals surface area contributed by atoms with Crippen LogP contribution >= 0.6 is 0 Å². The van der Waals surface area contributed by atoms with Crippen LogP contribution < -0.4 is 10.5 Å². The SMILES string of the molecule is Cc1cc(=O)n(CCN(C)C2CN(c3cc4c(nn3)CCC4)C2)cn1. The van der Waals surface area contributed by atoms with Gasteiger partial charge in [0.1, 0.15) is 0 Å². The second-order valence-electron chi connectivity index (χ2n) is 7.13. The predicted octanol–water partition coefficient (Wildman–Crippen LogP) is 0.651. The Kier molecular flexibility index (Phi) is 4.25. The monoisotopic (exact) mass is 340 g/mol. The molecule has 0 atom stereocenters. The first kappa shape index (κ1) is 16.2. The molecule has 0 unspecified atom stereocenters. The Hall–Kier alpha value is -2.28. The summed E-state index contributed by atoms with van der Waals surface area (Å²) in [5.74, 6) is 1.00. The number of aryl methyl sites for hydroxylation is 3. The number of aromatic nitrogens is 4. The summed E-state index contributed by atoms with van der Waals surface area (Å²) in [4.78, 5) is 20.7. The van der Waals surface area contributed by atoms with Crippen LogP contribution in [0.1, 0.15) is 23.4 Å². The number of fused-ring (bicyclic) bond motifs is 1. The molecule has 132 valence electrons. The molecule has 0 N–H and O–H groups in total. The minimum absolute atomic E-state index is 0.0181. The zero-order chi connectivity index (χ0) is 17.4. The van der Waals surface area contributed by atoms with Crippen LogP contribution in [0.5, 0.6) is 0 Å². The molecular weight excluding hydrogens is 316 g/mol. The topological polar surface area (TPSA) is 67.2 Å². The summed E-state index contributed by atoms with van der Waals surface area (Å²) in [7, 11) is 2.11. The maximum Gasteiger partial charge on any atom is 0.253 e. The van der Waals surface area contributed by atoms with E-state index in [2.05, 4.69) is 38.1 Å². The number of hydrogen-bond donors (Lipinski definition) is 0. The molecule has 1 aliphatic heterocycles. The molecule has 1 aliphatic carbocycles. The van der Waals surface area contributed by atoms with Crippen molar-refractivity contribution in [2.75, 3.05) is 31.6 Å². The fourth-order valence-electron chi connectivity index (χ4n) is 3.53. The number of hydrogen-bond acceptors (Lipinski definition) is 6. The first-order valence-corrected chi connectivity index (χ1v) is 8.94. The van der Waals surface area contributed by atoms with Crippen molar-refractivity contribution in [2.45, 2.75) is 38.8 Å². The lowest BCUT2D eigenvalue weighted by Gasteiger charge is -2.44. The number of nitrogens with zero attached hydrogens (tertiary/aromatic N) is 6. The van der Waals surface area contributed by atoms with E-state index in [1.54, 1.807) is 17.0 Å². The molecule has 2 aromatic rings. The second-order valence-corrected chi connectivity index (χ2v) is 7.13. The maximum atomic E-state index is 11.9. The van der Waals surface area contributed by atoms with E-state index >= 15 is 0 Å². The van der Waals surface area contributed by atoms with Crippen LogP contribution in [-0.4, -0.2) is 57.4 Å². The third-order valence-electron chi connectivity index (χ3n) is 5.33. The largest absolute Gasteiger partial charge is 0.352 e. The highest BCUT2D eigenvalue weighted by Gasteiger charge is 2.31. The Morgan fingerprint density at radius 2 is 2.08 bits per heavy atom. The summed E-state index contributed by atoms with van der Waals surface area (Å²) in [6, 6.07) is 4.28. The van der Waals surface area contributed by atoms with Gasteiger partial charge in [-0.2, -0.15) is 5.10 Å². The van der Waals surface area contributed by atoms with Crippen molar-refractivity contribution in [3.8, 4) is 0 Å². The van der Waals surface area contributed by atoms with Crippen molar-refractivity contribution in [1.29, 1.82) is 0 Å². The van der Waals surface area contributed by atoms with Gasteiger partial charge in [-0.1, -0.05) is 0 Å². The standard InChI is InChI=1S/C18H24N6O/c1-13-8-18(25)23(12-19-13)7-6-22(2)15-10-24(11-15)17-9-14-4-3-5-16(14)20-21-17/h8-9,12,15H,3-7,10-11H2,1-2H3. The summed E-state index contributed by atoms with van der Waals surface area (Å²) in [6.45, 7) is 5.26. The smallest absolute Gasteiger partial charge is 0.253 e. The van der Waals surface area contributed by atoms with Crippen molar-refractivity contribution < 1.29 is 0 Å². The van der Waals surface area contributed by atoms with Crippen LogP contribution in [0.15, 0.2) is 23.3 Å². The quantitative estimate of drug-likeness (QED) is 0.796. The van der Waals surface area contributed by atoms with Gasteiger partial charge in [0.15, 0.2) is 5.82 Å². The summed E-state index contributed by atoms with van der Waals surface area (Å²) in [5.41, 5.74) is 3.33. The van der Waals surface area contributed by atoms with E-state index in [-0.39, 0.29) is 5.56 Å². The molecule has 2 aliphatic rings. The van der Waals surface area contributed by atoms with Gasteiger partial charge in [-0.05, 0) is 44.9 Å². The van der Waals surface area contributed by atoms with Gasteiger partial charge < -0.3 is 4.90 Å². The Balaban J connectivity index is 1.30. The fourth-order valence-corrected chi connectivity index (χ4v) is 3.53. The zero-order valence-corrected chi connectivity index (χ0v) is 14.9. The molecule has 1 fully saturated rings. The van der Waals surface area contributed by atoms with Crippen LogP contribution in [0, 0.1) is 6.92 Å². The molecule has 0 spiro atoms. The van der Waals surface area contributed by atoms with Gasteiger partial charge >= 0.3 is 0 Å². The second kappa shape index (κ2) is 6.55. The maximum absolute atomic E-state index is 11.9. The molecule has 0 aromatic carbocycles. The van der Waals surface area contributed by atoms with Crippen LogP contribution in [0.2, 0.25) is 0 Å². The van der Waals surface area contributed by atoms with Crippen LogP contribution in [-0.2, 0) is 19.4 Å². The summed E-state index contributed by atoms with van der Waals surface area (Å²) >= 11 is 0. The molecule has 2 aromatic heterocycles. The van der Waals surface area contributed by atoms with Crippen molar-refractivity contribution in [3.05, 3.63) is 45.8 Å².